The maximum absolute atomic E-state index is 13.6. The SMILES string of the molecule is COc1ccc(OC)c(N(CC(=O)N/N=C\c2cc3ccccc3nc2Cl)S(=O)(=O)c2ccccc2)c1. The maximum atomic E-state index is 13.6. The van der Waals surface area contributed by atoms with Crippen LogP contribution in [0.3, 0.4) is 0 Å². The lowest BCUT2D eigenvalue weighted by molar-refractivity contribution is -0.119. The summed E-state index contributed by atoms with van der Waals surface area (Å²) in [6.45, 7) is -0.582. The van der Waals surface area contributed by atoms with E-state index >= 15 is 0 Å². The van der Waals surface area contributed by atoms with E-state index in [9.17, 15) is 13.2 Å². The van der Waals surface area contributed by atoms with Gasteiger partial charge >= 0.3 is 0 Å². The van der Waals surface area contributed by atoms with Crippen LogP contribution in [-0.4, -0.2) is 46.3 Å². The van der Waals surface area contributed by atoms with E-state index < -0.39 is 22.5 Å². The van der Waals surface area contributed by atoms with Crippen molar-refractivity contribution in [1.82, 2.24) is 10.4 Å². The van der Waals surface area contributed by atoms with E-state index in [1.54, 1.807) is 36.4 Å². The first kappa shape index (κ1) is 25.9. The highest BCUT2D eigenvalue weighted by atomic mass is 35.5. The predicted molar refractivity (Wildman–Crippen MR) is 143 cm³/mol. The van der Waals surface area contributed by atoms with Crippen molar-refractivity contribution in [1.29, 1.82) is 0 Å². The zero-order chi connectivity index (χ0) is 26.4. The number of benzene rings is 3. The first-order valence-electron chi connectivity index (χ1n) is 11.0. The molecule has 0 saturated carbocycles. The Labute approximate surface area is 219 Å². The molecule has 1 heterocycles. The van der Waals surface area contributed by atoms with Gasteiger partial charge in [-0.15, -0.1) is 0 Å². The second-order valence-corrected chi connectivity index (χ2v) is 9.94. The third kappa shape index (κ3) is 5.82. The Bertz CT molecular complexity index is 1560. The number of pyridine rings is 1. The topological polar surface area (TPSA) is 110 Å². The number of hydrazone groups is 1. The van der Waals surface area contributed by atoms with Crippen LogP contribution in [0.4, 0.5) is 5.69 Å². The van der Waals surface area contributed by atoms with Crippen molar-refractivity contribution in [2.45, 2.75) is 4.90 Å². The Balaban J connectivity index is 1.63. The van der Waals surface area contributed by atoms with Gasteiger partial charge in [0, 0.05) is 17.0 Å². The zero-order valence-electron chi connectivity index (χ0n) is 20.0. The van der Waals surface area contributed by atoms with E-state index in [1.807, 2.05) is 24.3 Å². The Hall–Kier alpha value is -4.15. The minimum Gasteiger partial charge on any atom is -0.497 e. The van der Waals surface area contributed by atoms with Gasteiger partial charge in [-0.25, -0.2) is 18.8 Å². The standard InChI is InChI=1S/C26H23ClN4O5S/c1-35-20-12-13-24(36-2)23(15-20)31(37(33,34)21-9-4-3-5-10-21)17-25(32)30-28-16-19-14-18-8-6-7-11-22(18)29-26(19)27/h3-16H,17H2,1-2H3,(H,30,32)/b28-16-. The van der Waals surface area contributed by atoms with Crippen molar-refractivity contribution in [2.24, 2.45) is 5.10 Å². The number of sulfonamides is 1. The summed E-state index contributed by atoms with van der Waals surface area (Å²) in [6.07, 6.45) is 1.35. The normalized spacial score (nSPS) is 11.4. The fourth-order valence-electron chi connectivity index (χ4n) is 3.55. The molecule has 0 aliphatic heterocycles. The summed E-state index contributed by atoms with van der Waals surface area (Å²) in [4.78, 5) is 17.2. The van der Waals surface area contributed by atoms with Crippen molar-refractivity contribution in [3.05, 3.63) is 89.6 Å². The number of carbonyl (C=O) groups is 1. The Kier molecular flexibility index (Phi) is 7.90. The molecule has 37 heavy (non-hydrogen) atoms. The van der Waals surface area contributed by atoms with Crippen LogP contribution >= 0.6 is 11.6 Å². The lowest BCUT2D eigenvalue weighted by Crippen LogP contribution is -2.39. The number of rotatable bonds is 9. The smallest absolute Gasteiger partial charge is 0.264 e. The molecule has 0 atom stereocenters. The van der Waals surface area contributed by atoms with Crippen LogP contribution in [0.25, 0.3) is 10.9 Å². The number of ether oxygens (including phenoxy) is 2. The summed E-state index contributed by atoms with van der Waals surface area (Å²) < 4.78 is 38.8. The average Bonchev–Trinajstić information content (AvgIpc) is 2.92. The molecule has 190 valence electrons. The molecule has 0 fully saturated rings. The third-order valence-corrected chi connectivity index (χ3v) is 7.45. The molecule has 3 aromatic carbocycles. The van der Waals surface area contributed by atoms with Gasteiger partial charge in [-0.3, -0.25) is 9.10 Å². The molecular formula is C26H23ClN4O5S. The number of hydrogen-bond acceptors (Lipinski definition) is 7. The van der Waals surface area contributed by atoms with Crippen molar-refractivity contribution >= 4 is 50.3 Å². The Morgan fingerprint density at radius 1 is 1.03 bits per heavy atom. The van der Waals surface area contributed by atoms with E-state index in [4.69, 9.17) is 21.1 Å². The van der Waals surface area contributed by atoms with Gasteiger partial charge in [0.2, 0.25) is 0 Å². The minimum atomic E-state index is -4.16. The molecule has 0 bridgehead atoms. The molecule has 0 spiro atoms. The summed E-state index contributed by atoms with van der Waals surface area (Å²) >= 11 is 6.24. The molecule has 1 N–H and O–H groups in total. The van der Waals surface area contributed by atoms with Crippen molar-refractivity contribution < 1.29 is 22.7 Å². The number of nitrogens with zero attached hydrogens (tertiary/aromatic N) is 3. The van der Waals surface area contributed by atoms with Gasteiger partial charge in [0.15, 0.2) is 0 Å². The lowest BCUT2D eigenvalue weighted by atomic mass is 10.2. The first-order valence-corrected chi connectivity index (χ1v) is 12.8. The number of hydrogen-bond donors (Lipinski definition) is 1. The van der Waals surface area contributed by atoms with E-state index in [-0.39, 0.29) is 21.5 Å². The fraction of sp³-hybridized carbons (Fsp3) is 0.115. The highest BCUT2D eigenvalue weighted by Gasteiger charge is 2.29. The number of para-hydroxylation sites is 1. The molecule has 1 aromatic heterocycles. The van der Waals surface area contributed by atoms with Crippen molar-refractivity contribution in [2.75, 3.05) is 25.1 Å². The third-order valence-electron chi connectivity index (χ3n) is 5.37. The van der Waals surface area contributed by atoms with Crippen LogP contribution in [0.15, 0.2) is 88.9 Å². The molecule has 11 heteroatoms. The molecule has 0 aliphatic rings. The summed E-state index contributed by atoms with van der Waals surface area (Å²) in [6, 6.07) is 21.7. The fourth-order valence-corrected chi connectivity index (χ4v) is 5.19. The molecule has 4 aromatic rings. The van der Waals surface area contributed by atoms with Gasteiger partial charge < -0.3 is 9.47 Å². The second kappa shape index (κ2) is 11.3. The summed E-state index contributed by atoms with van der Waals surface area (Å²) in [5.41, 5.74) is 3.71. The molecule has 0 unspecified atom stereocenters. The second-order valence-electron chi connectivity index (χ2n) is 7.72. The molecule has 0 radical (unpaired) electrons. The number of fused-ring (bicyclic) bond motifs is 1. The Morgan fingerprint density at radius 3 is 2.49 bits per heavy atom. The number of aromatic nitrogens is 1. The monoisotopic (exact) mass is 538 g/mol. The number of carbonyl (C=O) groups excluding carboxylic acids is 1. The van der Waals surface area contributed by atoms with Crippen LogP contribution in [-0.2, 0) is 14.8 Å². The van der Waals surface area contributed by atoms with E-state index in [0.717, 1.165) is 15.2 Å². The van der Waals surface area contributed by atoms with Crippen LogP contribution in [0.2, 0.25) is 5.15 Å². The van der Waals surface area contributed by atoms with Crippen LogP contribution < -0.4 is 19.2 Å². The molecular weight excluding hydrogens is 516 g/mol. The quantitative estimate of drug-likeness (QED) is 0.194. The van der Waals surface area contributed by atoms with E-state index in [2.05, 4.69) is 15.5 Å². The van der Waals surface area contributed by atoms with Gasteiger partial charge in [0.05, 0.1) is 36.5 Å². The maximum Gasteiger partial charge on any atom is 0.264 e. The number of halogens is 1. The van der Waals surface area contributed by atoms with Gasteiger partial charge in [-0.1, -0.05) is 48.0 Å². The van der Waals surface area contributed by atoms with Crippen LogP contribution in [0, 0.1) is 0 Å². The highest BCUT2D eigenvalue weighted by molar-refractivity contribution is 7.92. The minimum absolute atomic E-state index is 0.00481. The average molecular weight is 539 g/mol. The van der Waals surface area contributed by atoms with E-state index in [1.165, 1.54) is 38.6 Å². The number of methoxy groups -OCH3 is 2. The number of nitrogens with one attached hydrogen (secondary N) is 1. The molecule has 0 aliphatic carbocycles. The van der Waals surface area contributed by atoms with Gasteiger partial charge in [0.1, 0.15) is 23.2 Å². The van der Waals surface area contributed by atoms with Crippen LogP contribution in [0.1, 0.15) is 5.56 Å². The number of anilines is 1. The largest absolute Gasteiger partial charge is 0.497 e. The van der Waals surface area contributed by atoms with E-state index in [0.29, 0.717) is 11.3 Å². The van der Waals surface area contributed by atoms with Gasteiger partial charge in [0.25, 0.3) is 15.9 Å². The van der Waals surface area contributed by atoms with Crippen molar-refractivity contribution in [3.63, 3.8) is 0 Å². The zero-order valence-corrected chi connectivity index (χ0v) is 21.5. The van der Waals surface area contributed by atoms with Gasteiger partial charge in [-0.05, 0) is 36.4 Å². The Morgan fingerprint density at radius 2 is 1.76 bits per heavy atom. The van der Waals surface area contributed by atoms with Crippen LogP contribution in [0.5, 0.6) is 11.5 Å². The highest BCUT2D eigenvalue weighted by Crippen LogP contribution is 2.35. The molecule has 4 rings (SSSR count). The molecule has 1 amide bonds. The summed E-state index contributed by atoms with van der Waals surface area (Å²) in [5.74, 6) is -0.0583. The summed E-state index contributed by atoms with van der Waals surface area (Å²) in [7, 11) is -1.30. The first-order chi connectivity index (χ1) is 17.8. The van der Waals surface area contributed by atoms with Gasteiger partial charge in [-0.2, -0.15) is 5.10 Å². The number of amides is 1. The molecule has 9 nitrogen and oxygen atoms in total. The molecule has 0 saturated heterocycles. The lowest BCUT2D eigenvalue weighted by Gasteiger charge is -2.25. The predicted octanol–water partition coefficient (Wildman–Crippen LogP) is 4.25. The van der Waals surface area contributed by atoms with Crippen molar-refractivity contribution in [3.8, 4) is 11.5 Å². The summed E-state index contributed by atoms with van der Waals surface area (Å²) in [5, 5.41) is 5.03.